The molecule has 0 aromatic heterocycles. The van der Waals surface area contributed by atoms with E-state index in [0.29, 0.717) is 40.8 Å². The van der Waals surface area contributed by atoms with Crippen molar-refractivity contribution >= 4 is 63.7 Å². The minimum atomic E-state index is -0.384. The van der Waals surface area contributed by atoms with Gasteiger partial charge in [-0.15, -0.1) is 0 Å². The number of hydrogen-bond acceptors (Lipinski definition) is 4. The first-order valence-electron chi connectivity index (χ1n) is 10.5. The van der Waals surface area contributed by atoms with Crippen LogP contribution in [0.3, 0.4) is 0 Å². The smallest absolute Gasteiger partial charge is 0.258 e. The molecule has 2 N–H and O–H groups in total. The minimum Gasteiger partial charge on any atom is -0.367 e. The van der Waals surface area contributed by atoms with Gasteiger partial charge in [0.1, 0.15) is 0 Å². The third kappa shape index (κ3) is 6.12. The molecular formula is C23H26Cl2N4O2S. The molecule has 1 saturated heterocycles. The van der Waals surface area contributed by atoms with Gasteiger partial charge in [-0.05, 0) is 61.5 Å². The number of anilines is 2. The van der Waals surface area contributed by atoms with E-state index in [1.807, 2.05) is 36.9 Å². The van der Waals surface area contributed by atoms with Gasteiger partial charge in [0, 0.05) is 38.3 Å². The Morgan fingerprint density at radius 3 is 2.38 bits per heavy atom. The lowest BCUT2D eigenvalue weighted by atomic mass is 10.1. The molecule has 1 aliphatic heterocycles. The lowest BCUT2D eigenvalue weighted by molar-refractivity contribution is -0.131. The summed E-state index contributed by atoms with van der Waals surface area (Å²) in [6.45, 7) is 6.75. The van der Waals surface area contributed by atoms with Crippen LogP contribution in [-0.2, 0) is 4.79 Å². The van der Waals surface area contributed by atoms with E-state index in [1.165, 1.54) is 0 Å². The van der Waals surface area contributed by atoms with Crippen LogP contribution in [0.1, 0.15) is 35.7 Å². The van der Waals surface area contributed by atoms with Gasteiger partial charge in [-0.3, -0.25) is 14.9 Å². The highest BCUT2D eigenvalue weighted by Crippen LogP contribution is 2.30. The number of rotatable bonds is 5. The zero-order chi connectivity index (χ0) is 23.3. The standard InChI is InChI=1S/C23H26Cl2N4O2S/c1-3-4-21(30)29-11-9-28(10-12-29)20-8-6-16(14-19(20)25)26-23(32)27-22(31)17-7-5-15(2)13-18(17)24/h5-8,13-14H,3-4,9-12H2,1-2H3,(H2,26,27,31,32). The fraction of sp³-hybridized carbons (Fsp3) is 0.348. The molecule has 2 amide bonds. The average Bonchev–Trinajstić information content (AvgIpc) is 2.74. The summed E-state index contributed by atoms with van der Waals surface area (Å²) in [5.41, 5.74) is 2.89. The molecule has 9 heteroatoms. The predicted octanol–water partition coefficient (Wildman–Crippen LogP) is 4.88. The van der Waals surface area contributed by atoms with Gasteiger partial charge in [-0.25, -0.2) is 0 Å². The number of carbonyl (C=O) groups excluding carboxylic acids is 2. The van der Waals surface area contributed by atoms with E-state index in [-0.39, 0.29) is 16.9 Å². The van der Waals surface area contributed by atoms with Crippen LogP contribution in [0.25, 0.3) is 0 Å². The second kappa shape index (κ2) is 11.0. The minimum absolute atomic E-state index is 0.151. The van der Waals surface area contributed by atoms with Crippen LogP contribution >= 0.6 is 35.4 Å². The van der Waals surface area contributed by atoms with Crippen molar-refractivity contribution in [3.05, 3.63) is 57.6 Å². The molecule has 32 heavy (non-hydrogen) atoms. The fourth-order valence-electron chi connectivity index (χ4n) is 3.55. The molecule has 2 aromatic carbocycles. The summed E-state index contributed by atoms with van der Waals surface area (Å²) in [4.78, 5) is 28.6. The molecule has 0 radical (unpaired) electrons. The van der Waals surface area contributed by atoms with E-state index < -0.39 is 0 Å². The fourth-order valence-corrected chi connectivity index (χ4v) is 4.38. The normalized spacial score (nSPS) is 13.6. The molecule has 3 rings (SSSR count). The molecule has 170 valence electrons. The Morgan fingerprint density at radius 1 is 1.03 bits per heavy atom. The second-order valence-corrected chi connectivity index (χ2v) is 8.90. The van der Waals surface area contributed by atoms with Crippen molar-refractivity contribution in [2.75, 3.05) is 36.4 Å². The number of thiocarbonyl (C=S) groups is 1. The molecule has 0 spiro atoms. The van der Waals surface area contributed by atoms with Crippen LogP contribution in [-0.4, -0.2) is 48.0 Å². The van der Waals surface area contributed by atoms with E-state index in [2.05, 4.69) is 15.5 Å². The van der Waals surface area contributed by atoms with E-state index in [0.717, 1.165) is 30.8 Å². The van der Waals surface area contributed by atoms with Gasteiger partial charge in [0.2, 0.25) is 5.91 Å². The average molecular weight is 493 g/mol. The highest BCUT2D eigenvalue weighted by atomic mass is 35.5. The number of hydrogen-bond donors (Lipinski definition) is 2. The number of halogens is 2. The summed E-state index contributed by atoms with van der Waals surface area (Å²) in [5.74, 6) is -0.175. The molecule has 2 aromatic rings. The maximum absolute atomic E-state index is 12.4. The van der Waals surface area contributed by atoms with Gasteiger partial charge < -0.3 is 15.1 Å². The third-order valence-electron chi connectivity index (χ3n) is 5.24. The van der Waals surface area contributed by atoms with Crippen molar-refractivity contribution in [3.8, 4) is 0 Å². The molecule has 0 unspecified atom stereocenters. The Kier molecular flexibility index (Phi) is 8.34. The molecule has 0 atom stereocenters. The Balaban J connectivity index is 1.57. The first-order chi connectivity index (χ1) is 15.3. The summed E-state index contributed by atoms with van der Waals surface area (Å²) in [7, 11) is 0. The van der Waals surface area contributed by atoms with Gasteiger partial charge in [-0.1, -0.05) is 36.2 Å². The van der Waals surface area contributed by atoms with Crippen LogP contribution in [0.2, 0.25) is 10.0 Å². The zero-order valence-corrected chi connectivity index (χ0v) is 20.4. The van der Waals surface area contributed by atoms with E-state index >= 15 is 0 Å². The predicted molar refractivity (Wildman–Crippen MR) is 135 cm³/mol. The van der Waals surface area contributed by atoms with Gasteiger partial charge in [-0.2, -0.15) is 0 Å². The maximum Gasteiger partial charge on any atom is 0.258 e. The lowest BCUT2D eigenvalue weighted by Crippen LogP contribution is -2.48. The lowest BCUT2D eigenvalue weighted by Gasteiger charge is -2.36. The zero-order valence-electron chi connectivity index (χ0n) is 18.1. The topological polar surface area (TPSA) is 64.7 Å². The van der Waals surface area contributed by atoms with Crippen LogP contribution in [0, 0.1) is 6.92 Å². The van der Waals surface area contributed by atoms with Gasteiger partial charge in [0.15, 0.2) is 5.11 Å². The SMILES string of the molecule is CCCC(=O)N1CCN(c2ccc(NC(=S)NC(=O)c3ccc(C)cc3Cl)cc2Cl)CC1. The van der Waals surface area contributed by atoms with Crippen molar-refractivity contribution in [3.63, 3.8) is 0 Å². The van der Waals surface area contributed by atoms with Crippen LogP contribution in [0.15, 0.2) is 36.4 Å². The highest BCUT2D eigenvalue weighted by molar-refractivity contribution is 7.80. The van der Waals surface area contributed by atoms with Gasteiger partial charge in [0.05, 0.1) is 21.3 Å². The summed E-state index contributed by atoms with van der Waals surface area (Å²) in [6, 6.07) is 10.7. The van der Waals surface area contributed by atoms with Crippen LogP contribution in [0.4, 0.5) is 11.4 Å². The third-order valence-corrected chi connectivity index (χ3v) is 6.06. The Bertz CT molecular complexity index is 1020. The van der Waals surface area contributed by atoms with Crippen molar-refractivity contribution in [2.24, 2.45) is 0 Å². The monoisotopic (exact) mass is 492 g/mol. The summed E-state index contributed by atoms with van der Waals surface area (Å²) in [6.07, 6.45) is 1.45. The second-order valence-electron chi connectivity index (χ2n) is 7.68. The number of nitrogens with one attached hydrogen (secondary N) is 2. The summed E-state index contributed by atoms with van der Waals surface area (Å²) >= 11 is 17.9. The van der Waals surface area contributed by atoms with Crippen molar-refractivity contribution < 1.29 is 9.59 Å². The molecule has 0 bridgehead atoms. The Hall–Kier alpha value is -2.35. The number of amides is 2. The number of aryl methyl sites for hydroxylation is 1. The first kappa shape index (κ1) is 24.3. The molecule has 6 nitrogen and oxygen atoms in total. The maximum atomic E-state index is 12.4. The van der Waals surface area contributed by atoms with Gasteiger partial charge >= 0.3 is 0 Å². The number of nitrogens with zero attached hydrogens (tertiary/aromatic N) is 2. The molecule has 1 fully saturated rings. The van der Waals surface area contributed by atoms with Crippen LogP contribution < -0.4 is 15.5 Å². The van der Waals surface area contributed by atoms with Crippen molar-refractivity contribution in [1.29, 1.82) is 0 Å². The molecule has 0 aliphatic carbocycles. The van der Waals surface area contributed by atoms with E-state index in [4.69, 9.17) is 35.4 Å². The largest absolute Gasteiger partial charge is 0.367 e. The van der Waals surface area contributed by atoms with Crippen LogP contribution in [0.5, 0.6) is 0 Å². The highest BCUT2D eigenvalue weighted by Gasteiger charge is 2.22. The Labute approximate surface area is 203 Å². The number of benzene rings is 2. The van der Waals surface area contributed by atoms with E-state index in [1.54, 1.807) is 18.2 Å². The number of piperazine rings is 1. The first-order valence-corrected chi connectivity index (χ1v) is 11.7. The quantitative estimate of drug-likeness (QED) is 0.582. The summed E-state index contributed by atoms with van der Waals surface area (Å²) < 4.78 is 0. The molecular weight excluding hydrogens is 467 g/mol. The Morgan fingerprint density at radius 2 is 1.75 bits per heavy atom. The number of carbonyl (C=O) groups is 2. The van der Waals surface area contributed by atoms with E-state index in [9.17, 15) is 9.59 Å². The molecule has 1 heterocycles. The molecule has 1 aliphatic rings. The summed E-state index contributed by atoms with van der Waals surface area (Å²) in [5, 5.41) is 6.70. The molecule has 0 saturated carbocycles. The van der Waals surface area contributed by atoms with Crippen molar-refractivity contribution in [2.45, 2.75) is 26.7 Å². The van der Waals surface area contributed by atoms with Crippen molar-refractivity contribution in [1.82, 2.24) is 10.2 Å². The van der Waals surface area contributed by atoms with Gasteiger partial charge in [0.25, 0.3) is 5.91 Å².